The van der Waals surface area contributed by atoms with Crippen LogP contribution in [0.4, 0.5) is 10.1 Å². The molecule has 2 aromatic heterocycles. The molecule has 0 saturated carbocycles. The predicted molar refractivity (Wildman–Crippen MR) is 82.4 cm³/mol. The molecule has 0 atom stereocenters. The van der Waals surface area contributed by atoms with E-state index in [9.17, 15) is 9.18 Å². The first-order chi connectivity index (χ1) is 11.6. The number of amides is 1. The highest BCUT2D eigenvalue weighted by Gasteiger charge is 2.16. The molecule has 6 nitrogen and oxygen atoms in total. The summed E-state index contributed by atoms with van der Waals surface area (Å²) in [5.41, 5.74) is 0.678. The van der Waals surface area contributed by atoms with Gasteiger partial charge in [0.1, 0.15) is 17.6 Å². The summed E-state index contributed by atoms with van der Waals surface area (Å²) in [6, 6.07) is 8.93. The van der Waals surface area contributed by atoms with Gasteiger partial charge in [-0.05, 0) is 37.3 Å². The van der Waals surface area contributed by atoms with Crippen LogP contribution in [-0.4, -0.2) is 10.9 Å². The van der Waals surface area contributed by atoms with Crippen LogP contribution in [-0.2, 0) is 11.2 Å². The lowest BCUT2D eigenvalue weighted by atomic mass is 10.2. The van der Waals surface area contributed by atoms with Crippen molar-refractivity contribution in [3.8, 4) is 17.7 Å². The number of nitrogens with zero attached hydrogens (tertiary/aromatic N) is 2. The fourth-order valence-corrected chi connectivity index (χ4v) is 2.14. The summed E-state index contributed by atoms with van der Waals surface area (Å²) < 4.78 is 24.0. The molecule has 3 aromatic rings. The predicted octanol–water partition coefficient (Wildman–Crippen LogP) is 3.44. The summed E-state index contributed by atoms with van der Waals surface area (Å²) >= 11 is 0. The third-order valence-corrected chi connectivity index (χ3v) is 3.32. The highest BCUT2D eigenvalue weighted by atomic mass is 19.1. The summed E-state index contributed by atoms with van der Waals surface area (Å²) in [6.45, 7) is 1.70. The summed E-state index contributed by atoms with van der Waals surface area (Å²) in [6.07, 6.45) is 1.48. The van der Waals surface area contributed by atoms with Crippen molar-refractivity contribution in [1.82, 2.24) is 4.98 Å². The van der Waals surface area contributed by atoms with Crippen LogP contribution in [0.2, 0.25) is 0 Å². The largest absolute Gasteiger partial charge is 0.459 e. The molecule has 0 saturated heterocycles. The van der Waals surface area contributed by atoms with Gasteiger partial charge < -0.3 is 14.2 Å². The zero-order valence-electron chi connectivity index (χ0n) is 12.7. The Morgan fingerprint density at radius 1 is 1.42 bits per heavy atom. The molecule has 0 bridgehead atoms. The second-order valence-corrected chi connectivity index (χ2v) is 5.03. The fourth-order valence-electron chi connectivity index (χ4n) is 2.14. The Bertz CT molecular complexity index is 923. The molecule has 0 aliphatic carbocycles. The van der Waals surface area contributed by atoms with Gasteiger partial charge >= 0.3 is 0 Å². The Morgan fingerprint density at radius 2 is 2.25 bits per heavy atom. The molecule has 0 aliphatic heterocycles. The van der Waals surface area contributed by atoms with Crippen LogP contribution < -0.4 is 5.32 Å². The van der Waals surface area contributed by atoms with E-state index in [1.807, 2.05) is 0 Å². The Morgan fingerprint density at radius 3 is 2.96 bits per heavy atom. The van der Waals surface area contributed by atoms with E-state index >= 15 is 0 Å². The van der Waals surface area contributed by atoms with Crippen LogP contribution in [0.5, 0.6) is 0 Å². The van der Waals surface area contributed by atoms with Crippen LogP contribution >= 0.6 is 0 Å². The number of nitrogens with one attached hydrogen (secondary N) is 1. The van der Waals surface area contributed by atoms with Gasteiger partial charge in [0.05, 0.1) is 23.9 Å². The van der Waals surface area contributed by atoms with Crippen molar-refractivity contribution in [3.05, 3.63) is 59.4 Å². The lowest BCUT2D eigenvalue weighted by Gasteiger charge is -2.05. The van der Waals surface area contributed by atoms with Gasteiger partial charge in [-0.3, -0.25) is 4.79 Å². The number of hydrogen-bond acceptors (Lipinski definition) is 5. The van der Waals surface area contributed by atoms with E-state index in [4.69, 9.17) is 14.1 Å². The molecule has 120 valence electrons. The van der Waals surface area contributed by atoms with Gasteiger partial charge in [-0.25, -0.2) is 9.37 Å². The maximum Gasteiger partial charge on any atom is 0.263 e. The minimum atomic E-state index is -0.633. The molecule has 0 aliphatic rings. The van der Waals surface area contributed by atoms with Gasteiger partial charge in [-0.2, -0.15) is 5.26 Å². The number of furan rings is 1. The van der Waals surface area contributed by atoms with Crippen molar-refractivity contribution in [1.29, 1.82) is 5.26 Å². The van der Waals surface area contributed by atoms with Crippen molar-refractivity contribution >= 4 is 11.6 Å². The summed E-state index contributed by atoms with van der Waals surface area (Å²) in [5.74, 6) is 0.294. The number of carbonyl (C=O) groups is 1. The average Bonchev–Trinajstić information content (AvgIpc) is 3.20. The van der Waals surface area contributed by atoms with E-state index in [1.165, 1.54) is 18.4 Å². The second kappa shape index (κ2) is 6.38. The van der Waals surface area contributed by atoms with Gasteiger partial charge in [0.25, 0.3) is 5.89 Å². The van der Waals surface area contributed by atoms with Crippen molar-refractivity contribution < 1.29 is 18.0 Å². The first-order valence-electron chi connectivity index (χ1n) is 7.06. The molecule has 0 unspecified atom stereocenters. The molecular formula is C17H12FN3O3. The maximum atomic E-state index is 13.3. The zero-order valence-corrected chi connectivity index (χ0v) is 12.7. The number of benzene rings is 1. The number of aromatic nitrogens is 1. The normalized spacial score (nSPS) is 10.4. The maximum absolute atomic E-state index is 13.3. The van der Waals surface area contributed by atoms with Crippen LogP contribution in [0.25, 0.3) is 11.7 Å². The van der Waals surface area contributed by atoms with Gasteiger partial charge in [-0.15, -0.1) is 0 Å². The van der Waals surface area contributed by atoms with E-state index in [-0.39, 0.29) is 17.9 Å². The van der Waals surface area contributed by atoms with E-state index < -0.39 is 5.82 Å². The number of halogens is 1. The Balaban J connectivity index is 1.73. The molecule has 0 fully saturated rings. The van der Waals surface area contributed by atoms with Crippen molar-refractivity contribution in [2.45, 2.75) is 13.3 Å². The van der Waals surface area contributed by atoms with E-state index in [1.54, 1.807) is 25.1 Å². The lowest BCUT2D eigenvalue weighted by Crippen LogP contribution is -2.15. The third-order valence-electron chi connectivity index (χ3n) is 3.32. The van der Waals surface area contributed by atoms with E-state index in [0.29, 0.717) is 28.8 Å². The molecule has 1 N–H and O–H groups in total. The van der Waals surface area contributed by atoms with E-state index in [0.717, 1.165) is 6.07 Å². The van der Waals surface area contributed by atoms with Gasteiger partial charge in [0.2, 0.25) is 5.91 Å². The average molecular weight is 325 g/mol. The standard InChI is InChI=1S/C17H12FN3O3/c1-10-14(21-17(24-10)15-3-2-6-23-15)8-16(22)20-12-4-5-13(18)11(7-12)9-19/h2-7H,8H2,1H3,(H,20,22). The molecule has 7 heteroatoms. The minimum Gasteiger partial charge on any atom is -0.459 e. The van der Waals surface area contributed by atoms with Crippen molar-refractivity contribution in [3.63, 3.8) is 0 Å². The Hall–Kier alpha value is -3.40. The van der Waals surface area contributed by atoms with Crippen LogP contribution in [0, 0.1) is 24.1 Å². The summed E-state index contributed by atoms with van der Waals surface area (Å²) in [5, 5.41) is 11.4. The topological polar surface area (TPSA) is 92.1 Å². The number of hydrogen-bond donors (Lipinski definition) is 1. The molecule has 3 rings (SSSR count). The highest BCUT2D eigenvalue weighted by molar-refractivity contribution is 5.92. The monoisotopic (exact) mass is 325 g/mol. The molecule has 1 aromatic carbocycles. The second-order valence-electron chi connectivity index (χ2n) is 5.03. The number of carbonyl (C=O) groups excluding carboxylic acids is 1. The zero-order chi connectivity index (χ0) is 17.1. The highest BCUT2D eigenvalue weighted by Crippen LogP contribution is 2.22. The Kier molecular flexibility index (Phi) is 4.12. The third kappa shape index (κ3) is 3.17. The number of anilines is 1. The van der Waals surface area contributed by atoms with Crippen molar-refractivity contribution in [2.24, 2.45) is 0 Å². The molecule has 2 heterocycles. The molecule has 0 spiro atoms. The summed E-state index contributed by atoms with van der Waals surface area (Å²) in [7, 11) is 0. The van der Waals surface area contributed by atoms with Crippen LogP contribution in [0.3, 0.4) is 0 Å². The van der Waals surface area contributed by atoms with Gasteiger partial charge in [0.15, 0.2) is 5.76 Å². The quantitative estimate of drug-likeness (QED) is 0.793. The molecule has 1 amide bonds. The van der Waals surface area contributed by atoms with Crippen molar-refractivity contribution in [2.75, 3.05) is 5.32 Å². The number of aryl methyl sites for hydroxylation is 1. The SMILES string of the molecule is Cc1oc(-c2ccco2)nc1CC(=O)Nc1ccc(F)c(C#N)c1. The molecular weight excluding hydrogens is 313 g/mol. The fraction of sp³-hybridized carbons (Fsp3) is 0.118. The summed E-state index contributed by atoms with van der Waals surface area (Å²) in [4.78, 5) is 16.4. The van der Waals surface area contributed by atoms with Gasteiger partial charge in [0, 0.05) is 5.69 Å². The first kappa shape index (κ1) is 15.5. The first-order valence-corrected chi connectivity index (χ1v) is 7.06. The molecule has 24 heavy (non-hydrogen) atoms. The number of nitriles is 1. The number of oxazole rings is 1. The lowest BCUT2D eigenvalue weighted by molar-refractivity contribution is -0.115. The minimum absolute atomic E-state index is 0.0185. The van der Waals surface area contributed by atoms with E-state index in [2.05, 4.69) is 10.3 Å². The van der Waals surface area contributed by atoms with Gasteiger partial charge in [-0.1, -0.05) is 0 Å². The Labute approximate surface area is 136 Å². The number of rotatable bonds is 4. The van der Waals surface area contributed by atoms with Crippen LogP contribution in [0.15, 0.2) is 45.4 Å². The smallest absolute Gasteiger partial charge is 0.263 e. The molecule has 0 radical (unpaired) electrons. The van der Waals surface area contributed by atoms with Crippen LogP contribution in [0.1, 0.15) is 17.0 Å².